The van der Waals surface area contributed by atoms with E-state index >= 15 is 0 Å². The van der Waals surface area contributed by atoms with Gasteiger partial charge in [0.2, 0.25) is 11.8 Å². The zero-order chi connectivity index (χ0) is 16.7. The number of amidine groups is 1. The molecule has 2 rings (SSSR count). The van der Waals surface area contributed by atoms with Crippen molar-refractivity contribution in [1.82, 2.24) is 20.2 Å². The van der Waals surface area contributed by atoms with Gasteiger partial charge < -0.3 is 15.2 Å². The molecule has 0 bridgehead atoms. The van der Waals surface area contributed by atoms with Gasteiger partial charge in [0.25, 0.3) is 0 Å². The molecule has 0 saturated carbocycles. The quantitative estimate of drug-likeness (QED) is 0.436. The third kappa shape index (κ3) is 5.85. The Hall–Kier alpha value is -2.16. The first kappa shape index (κ1) is 17.2. The first-order chi connectivity index (χ1) is 11.0. The molecule has 1 aromatic heterocycles. The zero-order valence-electron chi connectivity index (χ0n) is 13.2. The second kappa shape index (κ2) is 8.47. The lowest BCUT2D eigenvalue weighted by atomic mass is 10.2. The summed E-state index contributed by atoms with van der Waals surface area (Å²) in [6.45, 7) is 5.00. The molecule has 2 amide bonds. The predicted octanol–water partition coefficient (Wildman–Crippen LogP) is 0.763. The Morgan fingerprint density at radius 2 is 2.35 bits per heavy atom. The van der Waals surface area contributed by atoms with E-state index < -0.39 is 5.25 Å². The van der Waals surface area contributed by atoms with Crippen LogP contribution in [0.1, 0.15) is 26.7 Å². The Kier molecular flexibility index (Phi) is 6.33. The van der Waals surface area contributed by atoms with Crippen molar-refractivity contribution in [2.75, 3.05) is 6.54 Å². The molecule has 2 heterocycles. The monoisotopic (exact) mass is 336 g/mol. The molecule has 1 saturated heterocycles. The van der Waals surface area contributed by atoms with Crippen molar-refractivity contribution in [3.05, 3.63) is 18.7 Å². The maximum Gasteiger partial charge on any atom is 0.240 e. The highest BCUT2D eigenvalue weighted by molar-refractivity contribution is 8.15. The molecular weight excluding hydrogens is 316 g/mol. The first-order valence-corrected chi connectivity index (χ1v) is 8.21. The lowest BCUT2D eigenvalue weighted by molar-refractivity contribution is -0.125. The van der Waals surface area contributed by atoms with Gasteiger partial charge in [-0.1, -0.05) is 11.8 Å². The third-order valence-corrected chi connectivity index (χ3v) is 4.03. The summed E-state index contributed by atoms with van der Waals surface area (Å²) < 4.78 is 1.95. The Morgan fingerprint density at radius 1 is 1.52 bits per heavy atom. The van der Waals surface area contributed by atoms with Crippen LogP contribution in [0, 0.1) is 0 Å². The van der Waals surface area contributed by atoms with Crippen molar-refractivity contribution in [2.24, 2.45) is 10.2 Å². The summed E-state index contributed by atoms with van der Waals surface area (Å²) in [6.07, 6.45) is 6.28. The number of nitrogens with one attached hydrogen (secondary N) is 2. The molecule has 1 aromatic rings. The van der Waals surface area contributed by atoms with E-state index in [-0.39, 0.29) is 18.2 Å². The van der Waals surface area contributed by atoms with Gasteiger partial charge in [-0.05, 0) is 20.3 Å². The van der Waals surface area contributed by atoms with E-state index in [0.717, 1.165) is 18.7 Å². The molecule has 9 heteroatoms. The highest BCUT2D eigenvalue weighted by Crippen LogP contribution is 2.22. The average molecular weight is 336 g/mol. The number of hydrogen-bond donors (Lipinski definition) is 2. The molecular formula is C14H20N6O2S. The summed E-state index contributed by atoms with van der Waals surface area (Å²) in [5.74, 6) is -0.342. The third-order valence-electron chi connectivity index (χ3n) is 2.96. The minimum Gasteiger partial charge on any atom is -0.356 e. The van der Waals surface area contributed by atoms with Gasteiger partial charge in [-0.2, -0.15) is 5.10 Å². The highest BCUT2D eigenvalue weighted by atomic mass is 32.2. The van der Waals surface area contributed by atoms with E-state index in [1.54, 1.807) is 12.5 Å². The molecule has 8 nitrogen and oxygen atoms in total. The van der Waals surface area contributed by atoms with Crippen LogP contribution in [-0.4, -0.2) is 44.0 Å². The molecule has 1 aliphatic heterocycles. The molecule has 124 valence electrons. The number of carbonyl (C=O) groups excluding carboxylic acids is 2. The maximum absolute atomic E-state index is 11.9. The van der Waals surface area contributed by atoms with Gasteiger partial charge in [-0.3, -0.25) is 9.59 Å². The van der Waals surface area contributed by atoms with Gasteiger partial charge in [-0.25, -0.2) is 4.98 Å². The zero-order valence-corrected chi connectivity index (χ0v) is 14.0. The van der Waals surface area contributed by atoms with Crippen molar-refractivity contribution in [3.8, 4) is 0 Å². The van der Waals surface area contributed by atoms with Crippen LogP contribution in [0.25, 0.3) is 0 Å². The molecule has 1 aliphatic rings. The summed E-state index contributed by atoms with van der Waals surface area (Å²) in [5.41, 5.74) is 0.798. The fourth-order valence-corrected chi connectivity index (χ4v) is 2.80. The number of amides is 2. The van der Waals surface area contributed by atoms with Crippen molar-refractivity contribution in [1.29, 1.82) is 0 Å². The van der Waals surface area contributed by atoms with Crippen molar-refractivity contribution < 1.29 is 9.59 Å². The Morgan fingerprint density at radius 3 is 3.04 bits per heavy atom. The molecule has 23 heavy (non-hydrogen) atoms. The Balaban J connectivity index is 1.69. The number of thioether (sulfide) groups is 1. The van der Waals surface area contributed by atoms with Gasteiger partial charge in [0.05, 0.1) is 6.33 Å². The standard InChI is InChI=1S/C14H20N6O2S/c1-10(2)18-19-14-17-13(22)11(23-14)8-12(21)16-4-3-6-20-7-5-15-9-20/h5,7,9,11H,3-4,6,8H2,1-2H3,(H,16,21)(H,17,19,22). The van der Waals surface area contributed by atoms with Crippen molar-refractivity contribution >= 4 is 34.5 Å². The number of aromatic nitrogens is 2. The van der Waals surface area contributed by atoms with E-state index in [1.165, 1.54) is 11.8 Å². The maximum atomic E-state index is 11.9. The van der Waals surface area contributed by atoms with Gasteiger partial charge in [-0.15, -0.1) is 5.10 Å². The van der Waals surface area contributed by atoms with Gasteiger partial charge in [0.15, 0.2) is 5.17 Å². The summed E-state index contributed by atoms with van der Waals surface area (Å²) in [4.78, 5) is 27.6. The fraction of sp³-hybridized carbons (Fsp3) is 0.500. The summed E-state index contributed by atoms with van der Waals surface area (Å²) in [7, 11) is 0. The van der Waals surface area contributed by atoms with Crippen LogP contribution in [0.4, 0.5) is 0 Å². The molecule has 0 radical (unpaired) electrons. The second-order valence-electron chi connectivity index (χ2n) is 5.26. The topological polar surface area (TPSA) is 101 Å². The Bertz CT molecular complexity index is 607. The van der Waals surface area contributed by atoms with E-state index in [2.05, 4.69) is 25.8 Å². The largest absolute Gasteiger partial charge is 0.356 e. The molecule has 0 aliphatic carbocycles. The van der Waals surface area contributed by atoms with Crippen LogP contribution < -0.4 is 10.6 Å². The second-order valence-corrected chi connectivity index (χ2v) is 6.45. The van der Waals surface area contributed by atoms with E-state index in [0.29, 0.717) is 11.7 Å². The van der Waals surface area contributed by atoms with Crippen LogP contribution in [0.5, 0.6) is 0 Å². The van der Waals surface area contributed by atoms with Crippen LogP contribution in [0.15, 0.2) is 28.9 Å². The highest BCUT2D eigenvalue weighted by Gasteiger charge is 2.32. The molecule has 0 aromatic carbocycles. The molecule has 1 fully saturated rings. The van der Waals surface area contributed by atoms with E-state index in [1.807, 2.05) is 24.6 Å². The average Bonchev–Trinajstić information content (AvgIpc) is 3.12. The van der Waals surface area contributed by atoms with Crippen molar-refractivity contribution in [2.45, 2.75) is 38.5 Å². The van der Waals surface area contributed by atoms with Crippen LogP contribution in [0.3, 0.4) is 0 Å². The molecule has 1 atom stereocenters. The molecule has 0 spiro atoms. The molecule has 1 unspecified atom stereocenters. The van der Waals surface area contributed by atoms with Gasteiger partial charge >= 0.3 is 0 Å². The van der Waals surface area contributed by atoms with Crippen LogP contribution >= 0.6 is 11.8 Å². The summed E-state index contributed by atoms with van der Waals surface area (Å²) in [5, 5.41) is 13.3. The predicted molar refractivity (Wildman–Crippen MR) is 90.2 cm³/mol. The number of carbonyl (C=O) groups is 2. The number of aryl methyl sites for hydroxylation is 1. The van der Waals surface area contributed by atoms with E-state index in [9.17, 15) is 9.59 Å². The first-order valence-electron chi connectivity index (χ1n) is 7.33. The van der Waals surface area contributed by atoms with Crippen LogP contribution in [-0.2, 0) is 16.1 Å². The van der Waals surface area contributed by atoms with Gasteiger partial charge in [0, 0.05) is 37.6 Å². The van der Waals surface area contributed by atoms with Crippen molar-refractivity contribution in [3.63, 3.8) is 0 Å². The molecule has 2 N–H and O–H groups in total. The Labute approximate surface area is 138 Å². The van der Waals surface area contributed by atoms with Crippen LogP contribution in [0.2, 0.25) is 0 Å². The number of nitrogens with zero attached hydrogens (tertiary/aromatic N) is 4. The normalized spacial score (nSPS) is 18.8. The minimum atomic E-state index is -0.449. The number of rotatable bonds is 7. The SMILES string of the molecule is CC(C)=NN=C1NC(=O)C(CC(=O)NCCCn2ccnc2)S1. The van der Waals surface area contributed by atoms with Gasteiger partial charge in [0.1, 0.15) is 5.25 Å². The summed E-state index contributed by atoms with van der Waals surface area (Å²) >= 11 is 1.24. The number of imidazole rings is 1. The lowest BCUT2D eigenvalue weighted by Gasteiger charge is -2.07. The smallest absolute Gasteiger partial charge is 0.240 e. The number of hydrogen-bond acceptors (Lipinski definition) is 6. The summed E-state index contributed by atoms with van der Waals surface area (Å²) in [6, 6.07) is 0. The fourth-order valence-electron chi connectivity index (χ4n) is 1.88. The minimum absolute atomic E-state index is 0.134. The lowest BCUT2D eigenvalue weighted by Crippen LogP contribution is -2.32. The van der Waals surface area contributed by atoms with E-state index in [4.69, 9.17) is 0 Å².